The van der Waals surface area contributed by atoms with Crippen molar-refractivity contribution in [2.24, 2.45) is 5.73 Å². The minimum absolute atomic E-state index is 0.0174. The van der Waals surface area contributed by atoms with Crippen molar-refractivity contribution in [3.63, 3.8) is 0 Å². The molecule has 0 bridgehead atoms. The molecule has 0 aliphatic rings. The number of phosphoric ester groups is 1. The summed E-state index contributed by atoms with van der Waals surface area (Å²) in [6, 6.07) is -1.47. The van der Waals surface area contributed by atoms with Crippen LogP contribution in [-0.2, 0) is 32.7 Å². The molecule has 0 fully saturated rings. The van der Waals surface area contributed by atoms with Gasteiger partial charge in [-0.1, -0.05) is 116 Å². The van der Waals surface area contributed by atoms with Gasteiger partial charge in [0, 0.05) is 13.0 Å². The maximum absolute atomic E-state index is 12.5. The van der Waals surface area contributed by atoms with Crippen LogP contribution in [-0.4, -0.2) is 60.5 Å². The average Bonchev–Trinajstić information content (AvgIpc) is 2.97. The number of nitrogens with two attached hydrogens (primary N) is 1. The number of hydrogen-bond acceptors (Lipinski definition) is 8. The Labute approximate surface area is 261 Å². The number of carbonyl (C=O) groups excluding carboxylic acids is 1. The van der Waals surface area contributed by atoms with Gasteiger partial charge in [0.1, 0.15) is 12.1 Å². The Bertz CT molecular complexity index is 750. The summed E-state index contributed by atoms with van der Waals surface area (Å²) in [5.74, 6) is -1.79. The predicted octanol–water partition coefficient (Wildman–Crippen LogP) is 7.86. The molecule has 0 spiro atoms. The van der Waals surface area contributed by atoms with Crippen LogP contribution in [0.1, 0.15) is 142 Å². The van der Waals surface area contributed by atoms with Crippen LogP contribution in [0.15, 0.2) is 12.2 Å². The predicted molar refractivity (Wildman–Crippen MR) is 171 cm³/mol. The SMILES string of the molecule is CCCC/C=C\CCCCCCCC(=O)OC(COCCCCCCCCCCCC)COP(=O)(O)OCC(N)C(=O)O. The monoisotopic (exact) mass is 635 g/mol. The molecule has 0 aromatic carbocycles. The highest BCUT2D eigenvalue weighted by Gasteiger charge is 2.27. The van der Waals surface area contributed by atoms with Gasteiger partial charge in [-0.15, -0.1) is 0 Å². The van der Waals surface area contributed by atoms with Crippen molar-refractivity contribution in [1.29, 1.82) is 0 Å². The van der Waals surface area contributed by atoms with Crippen molar-refractivity contribution >= 4 is 19.8 Å². The fourth-order valence-corrected chi connectivity index (χ4v) is 5.13. The molecule has 10 nitrogen and oxygen atoms in total. The number of carboxylic acid groups (broad SMARTS) is 1. The molecule has 11 heteroatoms. The number of carbonyl (C=O) groups is 2. The lowest BCUT2D eigenvalue weighted by Crippen LogP contribution is -2.34. The van der Waals surface area contributed by atoms with E-state index in [-0.39, 0.29) is 13.0 Å². The van der Waals surface area contributed by atoms with E-state index < -0.39 is 45.1 Å². The summed E-state index contributed by atoms with van der Waals surface area (Å²) in [5, 5.41) is 8.82. The molecule has 0 aromatic heterocycles. The Kier molecular flexibility index (Phi) is 28.5. The van der Waals surface area contributed by atoms with Crippen LogP contribution in [0.2, 0.25) is 0 Å². The molecule has 3 atom stereocenters. The zero-order valence-electron chi connectivity index (χ0n) is 27.1. The second-order valence-corrected chi connectivity index (χ2v) is 12.7. The Morgan fingerprint density at radius 1 is 0.721 bits per heavy atom. The third kappa shape index (κ3) is 29.2. The maximum Gasteiger partial charge on any atom is 0.472 e. The van der Waals surface area contributed by atoms with Gasteiger partial charge in [-0.25, -0.2) is 4.57 Å². The highest BCUT2D eigenvalue weighted by molar-refractivity contribution is 7.47. The molecule has 0 aliphatic carbocycles. The van der Waals surface area contributed by atoms with Crippen molar-refractivity contribution in [1.82, 2.24) is 0 Å². The first-order chi connectivity index (χ1) is 20.7. The number of ether oxygens (including phenoxy) is 2. The van der Waals surface area contributed by atoms with Crippen molar-refractivity contribution < 1.29 is 42.7 Å². The van der Waals surface area contributed by atoms with Gasteiger partial charge in [0.05, 0.1) is 19.8 Å². The van der Waals surface area contributed by atoms with Gasteiger partial charge >= 0.3 is 19.8 Å². The Morgan fingerprint density at radius 2 is 1.23 bits per heavy atom. The maximum atomic E-state index is 12.5. The molecule has 0 rings (SSSR count). The van der Waals surface area contributed by atoms with Gasteiger partial charge in [-0.05, 0) is 32.1 Å². The highest BCUT2D eigenvalue weighted by Crippen LogP contribution is 2.43. The number of unbranched alkanes of at least 4 members (excludes halogenated alkanes) is 16. The molecule has 0 saturated carbocycles. The van der Waals surface area contributed by atoms with Crippen molar-refractivity contribution in [2.75, 3.05) is 26.4 Å². The quantitative estimate of drug-likeness (QED) is 0.0288. The van der Waals surface area contributed by atoms with Crippen molar-refractivity contribution in [2.45, 2.75) is 154 Å². The van der Waals surface area contributed by atoms with Gasteiger partial charge < -0.3 is 25.2 Å². The lowest BCUT2D eigenvalue weighted by atomic mass is 10.1. The van der Waals surface area contributed by atoms with Crippen LogP contribution < -0.4 is 5.73 Å². The highest BCUT2D eigenvalue weighted by atomic mass is 31.2. The summed E-state index contributed by atoms with van der Waals surface area (Å²) < 4.78 is 33.0. The van der Waals surface area contributed by atoms with Crippen LogP contribution in [0.5, 0.6) is 0 Å². The largest absolute Gasteiger partial charge is 0.480 e. The number of carboxylic acids is 1. The van der Waals surface area contributed by atoms with E-state index in [9.17, 15) is 19.0 Å². The van der Waals surface area contributed by atoms with Gasteiger partial charge in [0.15, 0.2) is 0 Å². The number of phosphoric acid groups is 1. The van der Waals surface area contributed by atoms with E-state index in [2.05, 4.69) is 30.5 Å². The number of aliphatic carboxylic acids is 1. The molecular formula is C32H62NO9P. The van der Waals surface area contributed by atoms with E-state index in [0.29, 0.717) is 13.0 Å². The lowest BCUT2D eigenvalue weighted by molar-refractivity contribution is -0.154. The number of allylic oxidation sites excluding steroid dienone is 2. The normalized spacial score (nSPS) is 14.5. The molecule has 0 heterocycles. The molecule has 4 N–H and O–H groups in total. The second kappa shape index (κ2) is 29.4. The van der Waals surface area contributed by atoms with E-state index in [1.807, 2.05) is 0 Å². The summed E-state index contributed by atoms with van der Waals surface area (Å²) >= 11 is 0. The van der Waals surface area contributed by atoms with E-state index in [1.54, 1.807) is 0 Å². The fraction of sp³-hybridized carbons (Fsp3) is 0.875. The summed E-state index contributed by atoms with van der Waals surface area (Å²) in [6.45, 7) is 3.80. The van der Waals surface area contributed by atoms with Gasteiger partial charge in [0.2, 0.25) is 0 Å². The van der Waals surface area contributed by atoms with E-state index in [4.69, 9.17) is 24.8 Å². The first-order valence-electron chi connectivity index (χ1n) is 16.7. The third-order valence-corrected chi connectivity index (χ3v) is 8.00. The molecule has 254 valence electrons. The Hall–Kier alpha value is -1.29. The summed E-state index contributed by atoms with van der Waals surface area (Å²) in [4.78, 5) is 33.2. The summed E-state index contributed by atoms with van der Waals surface area (Å²) in [6.07, 6.45) is 25.6. The van der Waals surface area contributed by atoms with Crippen LogP contribution in [0.3, 0.4) is 0 Å². The van der Waals surface area contributed by atoms with Crippen LogP contribution >= 0.6 is 7.82 Å². The topological polar surface area (TPSA) is 155 Å². The number of esters is 1. The first kappa shape index (κ1) is 41.7. The van der Waals surface area contributed by atoms with Crippen LogP contribution in [0.25, 0.3) is 0 Å². The van der Waals surface area contributed by atoms with Crippen LogP contribution in [0, 0.1) is 0 Å². The molecule has 0 radical (unpaired) electrons. The minimum Gasteiger partial charge on any atom is -0.480 e. The molecule has 0 aromatic rings. The van der Waals surface area contributed by atoms with E-state index in [1.165, 1.54) is 57.8 Å². The summed E-state index contributed by atoms with van der Waals surface area (Å²) in [7, 11) is -4.60. The molecular weight excluding hydrogens is 573 g/mol. The smallest absolute Gasteiger partial charge is 0.472 e. The Balaban J connectivity index is 4.38. The third-order valence-electron chi connectivity index (χ3n) is 7.04. The molecule has 0 amide bonds. The zero-order chi connectivity index (χ0) is 32.0. The molecule has 0 aliphatic heterocycles. The van der Waals surface area contributed by atoms with Crippen molar-refractivity contribution in [3.05, 3.63) is 12.2 Å². The van der Waals surface area contributed by atoms with Gasteiger partial charge in [-0.2, -0.15) is 0 Å². The fourth-order valence-electron chi connectivity index (χ4n) is 4.35. The minimum atomic E-state index is -4.60. The first-order valence-corrected chi connectivity index (χ1v) is 18.2. The summed E-state index contributed by atoms with van der Waals surface area (Å²) in [5.41, 5.74) is 5.31. The van der Waals surface area contributed by atoms with Gasteiger partial charge in [-0.3, -0.25) is 18.6 Å². The molecule has 0 saturated heterocycles. The standard InChI is InChI=1S/C32H62NO9P/c1-3-5-7-9-11-13-15-16-18-20-22-24-31(34)42-29(27-40-43(37,38)41-28-30(33)32(35)36)26-39-25-23-21-19-17-14-12-10-8-6-4-2/h9,11,29-30H,3-8,10,12-28,33H2,1-2H3,(H,35,36)(H,37,38)/b11-9-. The van der Waals surface area contributed by atoms with E-state index >= 15 is 0 Å². The molecule has 3 unspecified atom stereocenters. The van der Waals surface area contributed by atoms with Crippen LogP contribution in [0.4, 0.5) is 0 Å². The Morgan fingerprint density at radius 3 is 1.84 bits per heavy atom. The zero-order valence-corrected chi connectivity index (χ0v) is 28.0. The second-order valence-electron chi connectivity index (χ2n) is 11.3. The average molecular weight is 636 g/mol. The number of hydrogen-bond donors (Lipinski definition) is 3. The molecule has 43 heavy (non-hydrogen) atoms. The number of rotatable bonds is 32. The lowest BCUT2D eigenvalue weighted by Gasteiger charge is -2.20. The van der Waals surface area contributed by atoms with Gasteiger partial charge in [0.25, 0.3) is 0 Å². The van der Waals surface area contributed by atoms with Crippen molar-refractivity contribution in [3.8, 4) is 0 Å². The van der Waals surface area contributed by atoms with E-state index in [0.717, 1.165) is 57.8 Å².